The Balaban J connectivity index is 2.01. The summed E-state index contributed by atoms with van der Waals surface area (Å²) in [5.74, 6) is -0.0299. The number of thiophene rings is 1. The summed E-state index contributed by atoms with van der Waals surface area (Å²) in [6.07, 6.45) is 0. The molecule has 0 aliphatic carbocycles. The summed E-state index contributed by atoms with van der Waals surface area (Å²) in [6.45, 7) is 1.04. The quantitative estimate of drug-likeness (QED) is 0.896. The third-order valence-corrected chi connectivity index (χ3v) is 4.04. The van der Waals surface area contributed by atoms with Crippen LogP contribution in [-0.4, -0.2) is 7.05 Å². The van der Waals surface area contributed by atoms with Crippen LogP contribution in [0.3, 0.4) is 0 Å². The van der Waals surface area contributed by atoms with E-state index in [9.17, 15) is 4.39 Å². The lowest BCUT2D eigenvalue weighted by Gasteiger charge is -2.07. The molecule has 1 aromatic carbocycles. The Morgan fingerprint density at radius 2 is 2.22 bits per heavy atom. The zero-order valence-corrected chi connectivity index (χ0v) is 12.3. The second-order valence-corrected chi connectivity index (χ2v) is 5.73. The second kappa shape index (κ2) is 6.31. The molecule has 5 heteroatoms. The van der Waals surface area contributed by atoms with Crippen LogP contribution in [0.15, 0.2) is 34.1 Å². The minimum atomic E-state index is -0.321. The van der Waals surface area contributed by atoms with Crippen molar-refractivity contribution in [3.8, 4) is 5.75 Å². The summed E-state index contributed by atoms with van der Waals surface area (Å²) in [4.78, 5) is 1.06. The Kier molecular flexibility index (Phi) is 4.74. The Morgan fingerprint density at radius 3 is 2.83 bits per heavy atom. The van der Waals surface area contributed by atoms with Crippen molar-refractivity contribution in [1.82, 2.24) is 5.32 Å². The van der Waals surface area contributed by atoms with E-state index >= 15 is 0 Å². The summed E-state index contributed by atoms with van der Waals surface area (Å²) in [5, 5.41) is 4.96. The zero-order chi connectivity index (χ0) is 13.0. The number of hydrogen-bond donors (Lipinski definition) is 1. The van der Waals surface area contributed by atoms with Crippen LogP contribution >= 0.6 is 27.3 Å². The number of halogens is 2. The van der Waals surface area contributed by atoms with Gasteiger partial charge in [0, 0.05) is 21.3 Å². The monoisotopic (exact) mass is 329 g/mol. The molecule has 0 unspecified atom stereocenters. The SMILES string of the molecule is CNCc1ccc(OCc2cc(Br)cs2)c(F)c1. The van der Waals surface area contributed by atoms with Gasteiger partial charge in [-0.05, 0) is 46.7 Å². The molecule has 1 aromatic heterocycles. The van der Waals surface area contributed by atoms with E-state index in [2.05, 4.69) is 21.2 Å². The van der Waals surface area contributed by atoms with Crippen LogP contribution in [0.25, 0.3) is 0 Å². The van der Waals surface area contributed by atoms with Gasteiger partial charge in [-0.2, -0.15) is 0 Å². The molecular weight excluding hydrogens is 317 g/mol. The van der Waals surface area contributed by atoms with Crippen LogP contribution in [-0.2, 0) is 13.2 Å². The molecule has 0 saturated heterocycles. The van der Waals surface area contributed by atoms with Gasteiger partial charge in [0.1, 0.15) is 6.61 Å². The first-order valence-corrected chi connectivity index (χ1v) is 7.15. The standard InChI is InChI=1S/C13H13BrFNOS/c1-16-6-9-2-3-13(12(15)4-9)17-7-11-5-10(14)8-18-11/h2-5,8,16H,6-7H2,1H3. The number of benzene rings is 1. The van der Waals surface area contributed by atoms with E-state index in [1.807, 2.05) is 24.6 Å². The van der Waals surface area contributed by atoms with Gasteiger partial charge in [0.15, 0.2) is 11.6 Å². The van der Waals surface area contributed by atoms with Gasteiger partial charge in [0.25, 0.3) is 0 Å². The highest BCUT2D eigenvalue weighted by atomic mass is 79.9. The van der Waals surface area contributed by atoms with E-state index < -0.39 is 0 Å². The largest absolute Gasteiger partial charge is 0.485 e. The molecule has 0 fully saturated rings. The summed E-state index contributed by atoms with van der Waals surface area (Å²) in [7, 11) is 1.83. The molecule has 96 valence electrons. The molecule has 2 aromatic rings. The van der Waals surface area contributed by atoms with E-state index in [4.69, 9.17) is 4.74 Å². The van der Waals surface area contributed by atoms with Crippen LogP contribution in [0.5, 0.6) is 5.75 Å². The molecule has 0 radical (unpaired) electrons. The van der Waals surface area contributed by atoms with Crippen molar-refractivity contribution in [2.75, 3.05) is 7.05 Å². The average Bonchev–Trinajstić information content (AvgIpc) is 2.74. The maximum atomic E-state index is 13.7. The van der Waals surface area contributed by atoms with Gasteiger partial charge in [0.05, 0.1) is 0 Å². The van der Waals surface area contributed by atoms with Crippen molar-refractivity contribution >= 4 is 27.3 Å². The van der Waals surface area contributed by atoms with Crippen molar-refractivity contribution in [3.05, 3.63) is 50.4 Å². The first-order chi connectivity index (χ1) is 8.69. The Bertz CT molecular complexity index is 529. The van der Waals surface area contributed by atoms with Crippen molar-refractivity contribution in [3.63, 3.8) is 0 Å². The summed E-state index contributed by atoms with van der Waals surface area (Å²) in [6, 6.07) is 7.00. The van der Waals surface area contributed by atoms with E-state index in [1.54, 1.807) is 17.4 Å². The van der Waals surface area contributed by atoms with Gasteiger partial charge in [-0.1, -0.05) is 6.07 Å². The Hall–Kier alpha value is -0.910. The zero-order valence-electron chi connectivity index (χ0n) is 9.87. The van der Waals surface area contributed by atoms with Gasteiger partial charge in [-0.15, -0.1) is 11.3 Å². The van der Waals surface area contributed by atoms with Crippen molar-refractivity contribution < 1.29 is 9.13 Å². The highest BCUT2D eigenvalue weighted by molar-refractivity contribution is 9.10. The molecule has 18 heavy (non-hydrogen) atoms. The molecule has 0 amide bonds. The maximum Gasteiger partial charge on any atom is 0.165 e. The average molecular weight is 330 g/mol. The molecule has 2 rings (SSSR count). The number of hydrogen-bond acceptors (Lipinski definition) is 3. The fourth-order valence-electron chi connectivity index (χ4n) is 1.55. The lowest BCUT2D eigenvalue weighted by atomic mass is 10.2. The molecular formula is C13H13BrFNOS. The second-order valence-electron chi connectivity index (χ2n) is 3.82. The van der Waals surface area contributed by atoms with E-state index in [0.29, 0.717) is 18.9 Å². The van der Waals surface area contributed by atoms with Gasteiger partial charge < -0.3 is 10.1 Å². The highest BCUT2D eigenvalue weighted by Crippen LogP contribution is 2.23. The van der Waals surface area contributed by atoms with Crippen molar-refractivity contribution in [2.45, 2.75) is 13.2 Å². The van der Waals surface area contributed by atoms with Gasteiger partial charge in [-0.25, -0.2) is 4.39 Å². The first kappa shape index (κ1) is 13.5. The highest BCUT2D eigenvalue weighted by Gasteiger charge is 2.06. The van der Waals surface area contributed by atoms with Gasteiger partial charge in [-0.3, -0.25) is 0 Å². The van der Waals surface area contributed by atoms with Crippen LogP contribution in [0.1, 0.15) is 10.4 Å². The fraction of sp³-hybridized carbons (Fsp3) is 0.231. The van der Waals surface area contributed by atoms with Crippen LogP contribution in [0.4, 0.5) is 4.39 Å². The van der Waals surface area contributed by atoms with Crippen molar-refractivity contribution in [2.24, 2.45) is 0 Å². The molecule has 0 aliphatic rings. The molecule has 0 spiro atoms. The molecule has 0 bridgehead atoms. The van der Waals surface area contributed by atoms with Crippen LogP contribution < -0.4 is 10.1 Å². The van der Waals surface area contributed by atoms with Crippen LogP contribution in [0, 0.1) is 5.82 Å². The smallest absolute Gasteiger partial charge is 0.165 e. The van der Waals surface area contributed by atoms with Crippen molar-refractivity contribution in [1.29, 1.82) is 0 Å². The minimum absolute atomic E-state index is 0.291. The lowest BCUT2D eigenvalue weighted by molar-refractivity contribution is 0.293. The Labute approximate surface area is 118 Å². The fourth-order valence-corrected chi connectivity index (χ4v) is 2.92. The van der Waals surface area contributed by atoms with E-state index in [0.717, 1.165) is 14.9 Å². The predicted molar refractivity (Wildman–Crippen MR) is 75.5 cm³/mol. The molecule has 0 atom stereocenters. The maximum absolute atomic E-state index is 13.7. The third kappa shape index (κ3) is 3.54. The normalized spacial score (nSPS) is 10.6. The lowest BCUT2D eigenvalue weighted by Crippen LogP contribution is -2.05. The van der Waals surface area contributed by atoms with Crippen LogP contribution in [0.2, 0.25) is 0 Å². The van der Waals surface area contributed by atoms with E-state index in [-0.39, 0.29) is 5.82 Å². The summed E-state index contributed by atoms with van der Waals surface area (Å²) < 4.78 is 20.2. The molecule has 1 N–H and O–H groups in total. The molecule has 1 heterocycles. The molecule has 0 saturated carbocycles. The molecule has 0 aliphatic heterocycles. The topological polar surface area (TPSA) is 21.3 Å². The van der Waals surface area contributed by atoms with Gasteiger partial charge in [0.2, 0.25) is 0 Å². The summed E-state index contributed by atoms with van der Waals surface area (Å²) in [5.41, 5.74) is 0.904. The number of ether oxygens (including phenoxy) is 1. The minimum Gasteiger partial charge on any atom is -0.485 e. The predicted octanol–water partition coefficient (Wildman–Crippen LogP) is 3.95. The molecule has 2 nitrogen and oxygen atoms in total. The first-order valence-electron chi connectivity index (χ1n) is 5.48. The van der Waals surface area contributed by atoms with Gasteiger partial charge >= 0.3 is 0 Å². The third-order valence-electron chi connectivity index (χ3n) is 2.37. The number of nitrogens with one attached hydrogen (secondary N) is 1. The number of rotatable bonds is 5. The summed E-state index contributed by atoms with van der Waals surface area (Å²) >= 11 is 4.96. The van der Waals surface area contributed by atoms with E-state index in [1.165, 1.54) is 6.07 Å². The Morgan fingerprint density at radius 1 is 1.39 bits per heavy atom.